The third-order valence-corrected chi connectivity index (χ3v) is 3.83. The first-order valence-electron chi connectivity index (χ1n) is 7.58. The topological polar surface area (TPSA) is 69.0 Å². The van der Waals surface area contributed by atoms with E-state index in [9.17, 15) is 18.0 Å². The molecule has 140 valence electrons. The van der Waals surface area contributed by atoms with Gasteiger partial charge in [-0.3, -0.25) is 4.79 Å². The van der Waals surface area contributed by atoms with Gasteiger partial charge in [0.1, 0.15) is 0 Å². The fourth-order valence-corrected chi connectivity index (χ4v) is 2.53. The summed E-state index contributed by atoms with van der Waals surface area (Å²) in [4.78, 5) is 16.2. The normalized spacial score (nSPS) is 11.3. The number of nitrogens with one attached hydrogen (secondary N) is 1. The molecule has 0 radical (unpaired) electrons. The molecular formula is C17H12BrF3N4O2. The van der Waals surface area contributed by atoms with E-state index in [1.807, 2.05) is 0 Å². The molecule has 0 aliphatic heterocycles. The minimum absolute atomic E-state index is 0.167. The van der Waals surface area contributed by atoms with E-state index in [0.717, 1.165) is 10.7 Å². The maximum atomic E-state index is 12.5. The maximum Gasteiger partial charge on any atom is 0.422 e. The number of carbonyl (C=O) groups excluding carboxylic acids is 1. The van der Waals surface area contributed by atoms with Crippen molar-refractivity contribution in [2.75, 3.05) is 11.9 Å². The van der Waals surface area contributed by atoms with Gasteiger partial charge in [-0.2, -0.15) is 18.3 Å². The molecule has 0 unspecified atom stereocenters. The van der Waals surface area contributed by atoms with Crippen LogP contribution in [0.1, 0.15) is 10.4 Å². The highest BCUT2D eigenvalue weighted by molar-refractivity contribution is 9.10. The molecular weight excluding hydrogens is 429 g/mol. The summed E-state index contributed by atoms with van der Waals surface area (Å²) in [5, 5.41) is 6.88. The molecule has 0 aliphatic carbocycles. The van der Waals surface area contributed by atoms with Crippen molar-refractivity contribution in [1.29, 1.82) is 0 Å². The number of rotatable bonds is 5. The lowest BCUT2D eigenvalue weighted by Crippen LogP contribution is -2.20. The summed E-state index contributed by atoms with van der Waals surface area (Å²) in [6.45, 7) is -1.45. The minimum Gasteiger partial charge on any atom is -0.468 e. The van der Waals surface area contributed by atoms with Gasteiger partial charge >= 0.3 is 6.18 Å². The molecule has 2 heterocycles. The van der Waals surface area contributed by atoms with Crippen molar-refractivity contribution >= 4 is 27.5 Å². The van der Waals surface area contributed by atoms with Gasteiger partial charge in [0, 0.05) is 29.1 Å². The molecule has 0 aliphatic rings. The number of hydrogen-bond donors (Lipinski definition) is 1. The summed E-state index contributed by atoms with van der Waals surface area (Å²) in [6.07, 6.45) is 0.0262. The van der Waals surface area contributed by atoms with E-state index in [0.29, 0.717) is 11.4 Å². The molecule has 0 saturated carbocycles. The number of aromatic nitrogens is 3. The van der Waals surface area contributed by atoms with Crippen molar-refractivity contribution in [2.45, 2.75) is 6.18 Å². The molecule has 27 heavy (non-hydrogen) atoms. The molecule has 0 saturated heterocycles. The van der Waals surface area contributed by atoms with E-state index in [1.54, 1.807) is 41.3 Å². The summed E-state index contributed by atoms with van der Waals surface area (Å²) in [5.41, 5.74) is 1.31. The number of benzene rings is 1. The van der Waals surface area contributed by atoms with E-state index < -0.39 is 18.7 Å². The summed E-state index contributed by atoms with van der Waals surface area (Å²) >= 11 is 3.35. The van der Waals surface area contributed by atoms with Crippen LogP contribution in [0.5, 0.6) is 5.88 Å². The van der Waals surface area contributed by atoms with Crippen LogP contribution in [0.25, 0.3) is 5.69 Å². The Balaban J connectivity index is 1.75. The molecule has 10 heteroatoms. The third-order valence-electron chi connectivity index (χ3n) is 3.34. The second-order valence-electron chi connectivity index (χ2n) is 5.36. The van der Waals surface area contributed by atoms with Crippen LogP contribution in [0.15, 0.2) is 59.5 Å². The highest BCUT2D eigenvalue weighted by atomic mass is 79.9. The second kappa shape index (κ2) is 7.78. The number of amides is 1. The van der Waals surface area contributed by atoms with Crippen LogP contribution in [-0.4, -0.2) is 33.5 Å². The van der Waals surface area contributed by atoms with Crippen LogP contribution < -0.4 is 10.1 Å². The zero-order chi connectivity index (χ0) is 19.4. The molecule has 1 amide bonds. The zero-order valence-corrected chi connectivity index (χ0v) is 15.2. The van der Waals surface area contributed by atoms with Gasteiger partial charge in [-0.25, -0.2) is 9.67 Å². The van der Waals surface area contributed by atoms with E-state index in [1.165, 1.54) is 12.1 Å². The first kappa shape index (κ1) is 18.9. The molecule has 0 bridgehead atoms. The Kier molecular flexibility index (Phi) is 5.45. The van der Waals surface area contributed by atoms with Crippen LogP contribution in [0.4, 0.5) is 18.9 Å². The smallest absolute Gasteiger partial charge is 0.422 e. The van der Waals surface area contributed by atoms with Gasteiger partial charge in [-0.1, -0.05) is 15.9 Å². The monoisotopic (exact) mass is 440 g/mol. The van der Waals surface area contributed by atoms with E-state index >= 15 is 0 Å². The van der Waals surface area contributed by atoms with Gasteiger partial charge in [-0.15, -0.1) is 0 Å². The van der Waals surface area contributed by atoms with Crippen molar-refractivity contribution < 1.29 is 22.7 Å². The van der Waals surface area contributed by atoms with Crippen LogP contribution in [0.2, 0.25) is 0 Å². The quantitative estimate of drug-likeness (QED) is 0.644. The van der Waals surface area contributed by atoms with E-state index in [-0.39, 0.29) is 11.4 Å². The third kappa shape index (κ3) is 5.07. The van der Waals surface area contributed by atoms with Gasteiger partial charge in [0.05, 0.1) is 16.9 Å². The zero-order valence-electron chi connectivity index (χ0n) is 13.6. The molecule has 3 rings (SSSR count). The molecule has 0 atom stereocenters. The molecule has 0 fully saturated rings. The molecule has 1 N–H and O–H groups in total. The Morgan fingerprint density at radius 1 is 1.26 bits per heavy atom. The Morgan fingerprint density at radius 2 is 2.07 bits per heavy atom. The van der Waals surface area contributed by atoms with Crippen molar-refractivity contribution in [1.82, 2.24) is 14.8 Å². The van der Waals surface area contributed by atoms with Crippen molar-refractivity contribution in [3.63, 3.8) is 0 Å². The van der Waals surface area contributed by atoms with Gasteiger partial charge < -0.3 is 10.1 Å². The highest BCUT2D eigenvalue weighted by Gasteiger charge is 2.28. The van der Waals surface area contributed by atoms with Crippen LogP contribution in [0, 0.1) is 0 Å². The van der Waals surface area contributed by atoms with Gasteiger partial charge in [0.15, 0.2) is 6.61 Å². The Bertz CT molecular complexity index is 928. The fourth-order valence-electron chi connectivity index (χ4n) is 2.17. The number of carbonyl (C=O) groups is 1. The first-order chi connectivity index (χ1) is 12.8. The Morgan fingerprint density at radius 3 is 2.70 bits per heavy atom. The number of alkyl halides is 3. The average molecular weight is 441 g/mol. The lowest BCUT2D eigenvalue weighted by molar-refractivity contribution is -0.154. The van der Waals surface area contributed by atoms with Gasteiger partial charge in [-0.05, 0) is 30.3 Å². The number of ether oxygens (including phenoxy) is 1. The van der Waals surface area contributed by atoms with E-state index in [4.69, 9.17) is 0 Å². The summed E-state index contributed by atoms with van der Waals surface area (Å²) in [5.74, 6) is -0.695. The maximum absolute atomic E-state index is 12.5. The van der Waals surface area contributed by atoms with Crippen molar-refractivity contribution in [2.24, 2.45) is 0 Å². The van der Waals surface area contributed by atoms with Crippen molar-refractivity contribution in [3.8, 4) is 11.6 Å². The summed E-state index contributed by atoms with van der Waals surface area (Å²) in [7, 11) is 0. The van der Waals surface area contributed by atoms with Crippen LogP contribution in [-0.2, 0) is 0 Å². The molecule has 2 aromatic heterocycles. The number of halogens is 4. The number of pyridine rings is 1. The summed E-state index contributed by atoms with van der Waals surface area (Å²) < 4.78 is 43.3. The van der Waals surface area contributed by atoms with Crippen LogP contribution in [0.3, 0.4) is 0 Å². The lowest BCUT2D eigenvalue weighted by Gasteiger charge is -2.12. The molecule has 3 aromatic rings. The second-order valence-corrected chi connectivity index (χ2v) is 6.27. The fraction of sp³-hybridized carbons (Fsp3) is 0.118. The average Bonchev–Trinajstić information content (AvgIpc) is 3.14. The Hall–Kier alpha value is -2.88. The Labute approximate surface area is 160 Å². The van der Waals surface area contributed by atoms with E-state index in [2.05, 4.69) is 36.1 Å². The number of nitrogens with zero attached hydrogens (tertiary/aromatic N) is 3. The predicted molar refractivity (Wildman–Crippen MR) is 95.0 cm³/mol. The number of anilines is 1. The summed E-state index contributed by atoms with van der Waals surface area (Å²) in [6, 6.07) is 9.58. The molecule has 0 spiro atoms. The highest BCUT2D eigenvalue weighted by Crippen LogP contribution is 2.25. The largest absolute Gasteiger partial charge is 0.468 e. The van der Waals surface area contributed by atoms with Gasteiger partial charge in [0.2, 0.25) is 5.88 Å². The predicted octanol–water partition coefficient (Wildman–Crippen LogP) is 4.22. The molecule has 6 nitrogen and oxygen atoms in total. The van der Waals surface area contributed by atoms with Crippen molar-refractivity contribution in [3.05, 3.63) is 65.0 Å². The van der Waals surface area contributed by atoms with Crippen LogP contribution >= 0.6 is 15.9 Å². The number of hydrogen-bond acceptors (Lipinski definition) is 4. The van der Waals surface area contributed by atoms with Gasteiger partial charge in [0.25, 0.3) is 5.91 Å². The first-order valence-corrected chi connectivity index (χ1v) is 8.38. The SMILES string of the molecule is O=C(Nc1cc(Br)ccc1-n1cccn1)c1ccc(OCC(F)(F)F)nc1. The standard InChI is InChI=1S/C17H12BrF3N4O2/c18-12-3-4-14(25-7-1-6-23-25)13(8-12)24-16(26)11-2-5-15(22-9-11)27-10-17(19,20)21/h1-9H,10H2,(H,24,26). The lowest BCUT2D eigenvalue weighted by atomic mass is 10.2. The molecule has 1 aromatic carbocycles. The minimum atomic E-state index is -4.46.